The summed E-state index contributed by atoms with van der Waals surface area (Å²) in [4.78, 5) is 12.0. The number of imidazole rings is 1. The van der Waals surface area contributed by atoms with Crippen LogP contribution in [0.1, 0.15) is 0 Å². The molecule has 0 amide bonds. The second-order valence-corrected chi connectivity index (χ2v) is 9.70. The van der Waals surface area contributed by atoms with Crippen LogP contribution < -0.4 is 14.9 Å². The summed E-state index contributed by atoms with van der Waals surface area (Å²) in [6.45, 7) is 0. The second-order valence-electron chi connectivity index (χ2n) is 9.70. The Morgan fingerprint density at radius 2 is 1.15 bits per heavy atom. The fourth-order valence-electron chi connectivity index (χ4n) is 4.87. The summed E-state index contributed by atoms with van der Waals surface area (Å²) in [7, 11) is 6.12. The Morgan fingerprint density at radius 1 is 0.585 bits per heavy atom. The smallest absolute Gasteiger partial charge is 0.140 e. The minimum atomic E-state index is 0.702. The number of benzene rings is 5. The number of hydrogen-bond acceptors (Lipinski definition) is 3. The number of aromatic nitrogens is 3. The molecule has 2 N–H and O–H groups in total. The largest absolute Gasteiger partial charge is 0.457 e. The van der Waals surface area contributed by atoms with E-state index in [2.05, 4.69) is 9.97 Å². The van der Waals surface area contributed by atoms with Crippen LogP contribution in [0.4, 0.5) is 0 Å². The molecule has 0 saturated carbocycles. The van der Waals surface area contributed by atoms with E-state index in [4.69, 9.17) is 22.3 Å². The van der Waals surface area contributed by atoms with Crippen molar-refractivity contribution >= 4 is 24.2 Å². The Balaban J connectivity index is 1.27. The summed E-state index contributed by atoms with van der Waals surface area (Å²) in [6, 6.07) is 41.3. The molecule has 0 bridgehead atoms. The van der Waals surface area contributed by atoms with Crippen LogP contribution in [-0.2, 0) is 0 Å². The number of fused-ring (bicyclic) bond motifs is 1. The monoisotopic (exact) mass is 529 g/mol. The number of rotatable bonds is 7. The number of nitrogens with zero attached hydrogens (tertiary/aromatic N) is 1. The molecule has 2 heterocycles. The summed E-state index contributed by atoms with van der Waals surface area (Å²) >= 11 is 0. The number of aromatic amines is 2. The van der Waals surface area contributed by atoms with Crippen molar-refractivity contribution in [3.8, 4) is 56.9 Å². The molecule has 0 saturated heterocycles. The average Bonchev–Trinajstić information content (AvgIpc) is 3.63. The third-order valence-corrected chi connectivity index (χ3v) is 6.89. The van der Waals surface area contributed by atoms with Gasteiger partial charge in [0.2, 0.25) is 0 Å². The first-order chi connectivity index (χ1) is 20.2. The van der Waals surface area contributed by atoms with Crippen LogP contribution >= 0.6 is 0 Å². The Kier molecular flexibility index (Phi) is 6.34. The van der Waals surface area contributed by atoms with Crippen LogP contribution in [0.25, 0.3) is 44.8 Å². The summed E-state index contributed by atoms with van der Waals surface area (Å²) in [6.07, 6.45) is 1.96. The molecule has 0 aliphatic carbocycles. The molecule has 7 aromatic rings. The lowest BCUT2D eigenvalue weighted by atomic mass is 9.94. The highest BCUT2D eigenvalue weighted by atomic mass is 16.5. The SMILES string of the molecule is [B]c1ccc2[nH]cc(-c3nc(-c4ccc(Oc5ccccc5)cc4)c(-c4ccc(Oc5ccccc5)cc4)[nH]3)c2c1. The topological polar surface area (TPSA) is 62.9 Å². The van der Waals surface area contributed by atoms with Crippen LogP contribution in [0.5, 0.6) is 23.0 Å². The Morgan fingerprint density at radius 3 is 1.76 bits per heavy atom. The van der Waals surface area contributed by atoms with Crippen LogP contribution in [0.3, 0.4) is 0 Å². The maximum Gasteiger partial charge on any atom is 0.140 e. The van der Waals surface area contributed by atoms with Crippen molar-refractivity contribution in [3.05, 3.63) is 134 Å². The van der Waals surface area contributed by atoms with E-state index in [0.29, 0.717) is 5.46 Å². The van der Waals surface area contributed by atoms with Crippen molar-refractivity contribution < 1.29 is 9.47 Å². The normalized spacial score (nSPS) is 11.0. The molecule has 6 heteroatoms. The van der Waals surface area contributed by atoms with E-state index in [-0.39, 0.29) is 0 Å². The van der Waals surface area contributed by atoms with Gasteiger partial charge in [-0.05, 0) is 78.9 Å². The van der Waals surface area contributed by atoms with Gasteiger partial charge in [0, 0.05) is 33.8 Å². The van der Waals surface area contributed by atoms with Crippen molar-refractivity contribution in [3.63, 3.8) is 0 Å². The van der Waals surface area contributed by atoms with E-state index < -0.39 is 0 Å². The lowest BCUT2D eigenvalue weighted by Gasteiger charge is -2.08. The van der Waals surface area contributed by atoms with Gasteiger partial charge in [0.1, 0.15) is 36.7 Å². The zero-order valence-corrected chi connectivity index (χ0v) is 22.0. The third kappa shape index (κ3) is 5.11. The van der Waals surface area contributed by atoms with E-state index in [1.165, 1.54) is 0 Å². The minimum Gasteiger partial charge on any atom is -0.457 e. The number of nitrogens with one attached hydrogen (secondary N) is 2. The summed E-state index contributed by atoms with van der Waals surface area (Å²) < 4.78 is 12.0. The summed E-state index contributed by atoms with van der Waals surface area (Å²) in [5.41, 5.74) is 6.34. The quantitative estimate of drug-likeness (QED) is 0.204. The Bertz CT molecular complexity index is 1830. The van der Waals surface area contributed by atoms with Gasteiger partial charge in [-0.25, -0.2) is 4.98 Å². The van der Waals surface area contributed by atoms with Crippen LogP contribution in [-0.4, -0.2) is 22.8 Å². The van der Waals surface area contributed by atoms with Gasteiger partial charge < -0.3 is 19.4 Å². The molecule has 0 atom stereocenters. The standard InChI is InChI=1S/C35H24BN3O2/c36-25-15-20-32-30(21-25)31(22-37-32)35-38-33(23-11-16-28(17-12-23)40-26-7-3-1-4-8-26)34(39-35)24-13-18-29(19-14-24)41-27-9-5-2-6-10-27/h1-22,37H,(H,38,39). The van der Waals surface area contributed by atoms with E-state index >= 15 is 0 Å². The third-order valence-electron chi connectivity index (χ3n) is 6.89. The van der Waals surface area contributed by atoms with Gasteiger partial charge in [0.05, 0.1) is 11.4 Å². The van der Waals surface area contributed by atoms with Crippen molar-refractivity contribution in [2.24, 2.45) is 0 Å². The minimum absolute atomic E-state index is 0.702. The first kappa shape index (κ1) is 24.5. The Labute approximate surface area is 238 Å². The maximum atomic E-state index is 6.12. The molecule has 2 radical (unpaired) electrons. The van der Waals surface area contributed by atoms with Gasteiger partial charge in [-0.15, -0.1) is 0 Å². The van der Waals surface area contributed by atoms with E-state index in [0.717, 1.165) is 67.8 Å². The van der Waals surface area contributed by atoms with Gasteiger partial charge in [-0.1, -0.05) is 54.0 Å². The maximum absolute atomic E-state index is 6.12. The lowest BCUT2D eigenvalue weighted by Crippen LogP contribution is -1.99. The second kappa shape index (κ2) is 10.6. The molecule has 5 nitrogen and oxygen atoms in total. The molecule has 2 aromatic heterocycles. The van der Waals surface area contributed by atoms with E-state index in [1.54, 1.807) is 0 Å². The molecule has 41 heavy (non-hydrogen) atoms. The molecular formula is C35H24BN3O2. The van der Waals surface area contributed by atoms with Gasteiger partial charge in [-0.2, -0.15) is 0 Å². The fourth-order valence-corrected chi connectivity index (χ4v) is 4.87. The molecule has 0 spiro atoms. The highest BCUT2D eigenvalue weighted by molar-refractivity contribution is 6.33. The van der Waals surface area contributed by atoms with Crippen LogP contribution in [0, 0.1) is 0 Å². The first-order valence-electron chi connectivity index (χ1n) is 13.3. The average molecular weight is 529 g/mol. The predicted octanol–water partition coefficient (Wildman–Crippen LogP) is 8.27. The van der Waals surface area contributed by atoms with Gasteiger partial charge in [-0.3, -0.25) is 0 Å². The summed E-state index contributed by atoms with van der Waals surface area (Å²) in [5.74, 6) is 3.85. The van der Waals surface area contributed by atoms with Crippen molar-refractivity contribution in [1.82, 2.24) is 15.0 Å². The molecule has 0 aliphatic heterocycles. The van der Waals surface area contributed by atoms with Crippen LogP contribution in [0.15, 0.2) is 134 Å². The molecular weight excluding hydrogens is 505 g/mol. The highest BCUT2D eigenvalue weighted by Gasteiger charge is 2.18. The highest BCUT2D eigenvalue weighted by Crippen LogP contribution is 2.37. The van der Waals surface area contributed by atoms with Gasteiger partial charge in [0.25, 0.3) is 0 Å². The molecule has 5 aromatic carbocycles. The van der Waals surface area contributed by atoms with Crippen molar-refractivity contribution in [2.75, 3.05) is 0 Å². The van der Waals surface area contributed by atoms with E-state index in [1.807, 2.05) is 134 Å². The number of para-hydroxylation sites is 2. The van der Waals surface area contributed by atoms with Gasteiger partial charge >= 0.3 is 0 Å². The zero-order valence-electron chi connectivity index (χ0n) is 22.0. The molecule has 0 aliphatic rings. The predicted molar refractivity (Wildman–Crippen MR) is 165 cm³/mol. The molecule has 194 valence electrons. The fraction of sp³-hybridized carbons (Fsp3) is 0. The molecule has 0 unspecified atom stereocenters. The molecule has 0 fully saturated rings. The number of hydrogen-bond donors (Lipinski definition) is 2. The zero-order chi connectivity index (χ0) is 27.6. The molecule has 7 rings (SSSR count). The van der Waals surface area contributed by atoms with Crippen molar-refractivity contribution in [2.45, 2.75) is 0 Å². The number of H-pyrrole nitrogens is 2. The first-order valence-corrected chi connectivity index (χ1v) is 13.3. The van der Waals surface area contributed by atoms with Gasteiger partial charge in [0.15, 0.2) is 0 Å². The van der Waals surface area contributed by atoms with Crippen LogP contribution in [0.2, 0.25) is 0 Å². The summed E-state index contributed by atoms with van der Waals surface area (Å²) in [5, 5.41) is 1.01. The lowest BCUT2D eigenvalue weighted by molar-refractivity contribution is 0.482. The Hall–Kier alpha value is -5.49. The van der Waals surface area contributed by atoms with E-state index in [9.17, 15) is 0 Å². The number of ether oxygens (including phenoxy) is 2. The van der Waals surface area contributed by atoms with Crippen molar-refractivity contribution in [1.29, 1.82) is 0 Å².